The number of hydrogen-bond acceptors (Lipinski definition) is 3. The van der Waals surface area contributed by atoms with E-state index in [9.17, 15) is 9.90 Å². The van der Waals surface area contributed by atoms with Gasteiger partial charge >= 0.3 is 5.97 Å². The van der Waals surface area contributed by atoms with Gasteiger partial charge < -0.3 is 9.84 Å². The quantitative estimate of drug-likeness (QED) is 0.786. The molecule has 104 valence electrons. The highest BCUT2D eigenvalue weighted by molar-refractivity contribution is 6.00. The van der Waals surface area contributed by atoms with Gasteiger partial charge in [0.05, 0.1) is 0 Å². The van der Waals surface area contributed by atoms with E-state index in [4.69, 9.17) is 4.74 Å². The zero-order valence-electron chi connectivity index (χ0n) is 11.4. The maximum absolute atomic E-state index is 11.4. The van der Waals surface area contributed by atoms with Crippen LogP contribution in [0.5, 0.6) is 11.5 Å². The second-order valence-electron chi connectivity index (χ2n) is 4.71. The largest absolute Gasteiger partial charge is 0.478 e. The van der Waals surface area contributed by atoms with Crippen molar-refractivity contribution in [1.82, 2.24) is 4.98 Å². The van der Waals surface area contributed by atoms with Gasteiger partial charge in [0.1, 0.15) is 17.1 Å². The lowest BCUT2D eigenvalue weighted by Crippen LogP contribution is -2.01. The van der Waals surface area contributed by atoms with Gasteiger partial charge in [-0.2, -0.15) is 0 Å². The van der Waals surface area contributed by atoms with Crippen LogP contribution in [0, 0.1) is 6.92 Å². The Kier molecular flexibility index (Phi) is 3.28. The third-order valence-electron chi connectivity index (χ3n) is 3.29. The van der Waals surface area contributed by atoms with E-state index < -0.39 is 5.97 Å². The molecule has 4 heteroatoms. The molecule has 0 bridgehead atoms. The van der Waals surface area contributed by atoms with Gasteiger partial charge in [-0.3, -0.25) is 4.98 Å². The van der Waals surface area contributed by atoms with Crippen LogP contribution in [0.4, 0.5) is 0 Å². The van der Waals surface area contributed by atoms with E-state index in [0.29, 0.717) is 11.5 Å². The average Bonchev–Trinajstić information content (AvgIpc) is 2.49. The van der Waals surface area contributed by atoms with Crippen molar-refractivity contribution in [1.29, 1.82) is 0 Å². The zero-order chi connectivity index (χ0) is 14.8. The predicted molar refractivity (Wildman–Crippen MR) is 80.0 cm³/mol. The van der Waals surface area contributed by atoms with Crippen molar-refractivity contribution in [3.63, 3.8) is 0 Å². The summed E-state index contributed by atoms with van der Waals surface area (Å²) in [7, 11) is 0. The topological polar surface area (TPSA) is 59.4 Å². The lowest BCUT2D eigenvalue weighted by atomic mass is 10.1. The van der Waals surface area contributed by atoms with Crippen LogP contribution in [0.25, 0.3) is 10.8 Å². The molecule has 1 heterocycles. The fourth-order valence-corrected chi connectivity index (χ4v) is 2.21. The average molecular weight is 279 g/mol. The molecule has 0 aliphatic rings. The molecule has 3 aromatic rings. The van der Waals surface area contributed by atoms with E-state index in [1.807, 2.05) is 31.2 Å². The predicted octanol–water partition coefficient (Wildman–Crippen LogP) is 4.03. The summed E-state index contributed by atoms with van der Waals surface area (Å²) in [5, 5.41) is 11.1. The number of carboxylic acid groups (broad SMARTS) is 1. The number of hydrogen-bond donors (Lipinski definition) is 1. The molecule has 0 spiro atoms. The van der Waals surface area contributed by atoms with E-state index in [1.54, 1.807) is 30.6 Å². The number of aryl methyl sites for hydroxylation is 1. The van der Waals surface area contributed by atoms with Gasteiger partial charge in [-0.25, -0.2) is 4.79 Å². The van der Waals surface area contributed by atoms with Gasteiger partial charge in [0.2, 0.25) is 0 Å². The van der Waals surface area contributed by atoms with Crippen LogP contribution < -0.4 is 4.74 Å². The Labute approximate surface area is 121 Å². The summed E-state index contributed by atoms with van der Waals surface area (Å²) in [5.74, 6) is -0.0544. The van der Waals surface area contributed by atoms with Crippen molar-refractivity contribution in [3.8, 4) is 11.5 Å². The highest BCUT2D eigenvalue weighted by Crippen LogP contribution is 2.34. The lowest BCUT2D eigenvalue weighted by Gasteiger charge is -2.13. The Morgan fingerprint density at radius 1 is 1.14 bits per heavy atom. The van der Waals surface area contributed by atoms with Gasteiger partial charge in [0.25, 0.3) is 0 Å². The molecule has 0 amide bonds. The molecule has 0 saturated carbocycles. The van der Waals surface area contributed by atoms with Crippen molar-refractivity contribution in [2.45, 2.75) is 6.92 Å². The molecule has 0 saturated heterocycles. The molecule has 0 radical (unpaired) electrons. The first-order valence-electron chi connectivity index (χ1n) is 6.50. The minimum absolute atomic E-state index is 0.143. The number of fused-ring (bicyclic) bond motifs is 1. The highest BCUT2D eigenvalue weighted by Gasteiger charge is 2.16. The number of rotatable bonds is 3. The molecular weight excluding hydrogens is 266 g/mol. The Bertz CT molecular complexity index is 827. The minimum Gasteiger partial charge on any atom is -0.478 e. The summed E-state index contributed by atoms with van der Waals surface area (Å²) in [6.45, 7) is 1.87. The minimum atomic E-state index is -1.01. The molecule has 0 fully saturated rings. The number of ether oxygens (including phenoxy) is 1. The molecule has 3 rings (SSSR count). The molecule has 0 atom stereocenters. The van der Waals surface area contributed by atoms with Gasteiger partial charge in [0.15, 0.2) is 0 Å². The number of pyridine rings is 1. The molecule has 2 aromatic carbocycles. The van der Waals surface area contributed by atoms with Gasteiger partial charge in [-0.15, -0.1) is 0 Å². The van der Waals surface area contributed by atoms with Crippen molar-refractivity contribution in [3.05, 3.63) is 66.0 Å². The second-order valence-corrected chi connectivity index (χ2v) is 4.71. The summed E-state index contributed by atoms with van der Waals surface area (Å²) in [6, 6.07) is 12.6. The molecule has 1 N–H and O–H groups in total. The van der Waals surface area contributed by atoms with E-state index >= 15 is 0 Å². The SMILES string of the molecule is Cc1cnccc1Oc1c(C(=O)O)ccc2ccccc12. The van der Waals surface area contributed by atoms with Crippen LogP contribution in [0.15, 0.2) is 54.9 Å². The zero-order valence-corrected chi connectivity index (χ0v) is 11.4. The van der Waals surface area contributed by atoms with Gasteiger partial charge in [-0.05, 0) is 24.4 Å². The van der Waals surface area contributed by atoms with E-state index in [-0.39, 0.29) is 5.56 Å². The number of aromatic carboxylic acids is 1. The Hall–Kier alpha value is -2.88. The molecule has 1 aromatic heterocycles. The Balaban J connectivity index is 2.21. The van der Waals surface area contributed by atoms with E-state index in [1.165, 1.54) is 0 Å². The Morgan fingerprint density at radius 2 is 1.95 bits per heavy atom. The summed E-state index contributed by atoms with van der Waals surface area (Å²) in [4.78, 5) is 15.5. The van der Waals surface area contributed by atoms with Gasteiger partial charge in [0, 0.05) is 23.3 Å². The maximum Gasteiger partial charge on any atom is 0.339 e. The number of carboxylic acids is 1. The third-order valence-corrected chi connectivity index (χ3v) is 3.29. The molecule has 0 aliphatic carbocycles. The lowest BCUT2D eigenvalue weighted by molar-refractivity contribution is 0.0694. The monoisotopic (exact) mass is 279 g/mol. The number of carbonyl (C=O) groups is 1. The maximum atomic E-state index is 11.4. The van der Waals surface area contributed by atoms with Crippen molar-refractivity contribution in [2.24, 2.45) is 0 Å². The van der Waals surface area contributed by atoms with Gasteiger partial charge in [-0.1, -0.05) is 30.3 Å². The summed E-state index contributed by atoms with van der Waals surface area (Å²) in [6.07, 6.45) is 3.30. The fourth-order valence-electron chi connectivity index (χ4n) is 2.21. The van der Waals surface area contributed by atoms with Crippen molar-refractivity contribution < 1.29 is 14.6 Å². The molecule has 4 nitrogen and oxygen atoms in total. The van der Waals surface area contributed by atoms with Crippen molar-refractivity contribution >= 4 is 16.7 Å². The van der Waals surface area contributed by atoms with Crippen LogP contribution >= 0.6 is 0 Å². The smallest absolute Gasteiger partial charge is 0.339 e. The number of benzene rings is 2. The summed E-state index contributed by atoms with van der Waals surface area (Å²) >= 11 is 0. The highest BCUT2D eigenvalue weighted by atomic mass is 16.5. The summed E-state index contributed by atoms with van der Waals surface area (Å²) in [5.41, 5.74) is 0.992. The van der Waals surface area contributed by atoms with E-state index in [0.717, 1.165) is 16.3 Å². The molecule has 0 unspecified atom stereocenters. The second kappa shape index (κ2) is 5.25. The Morgan fingerprint density at radius 3 is 2.71 bits per heavy atom. The fraction of sp³-hybridized carbons (Fsp3) is 0.0588. The first kappa shape index (κ1) is 13.1. The van der Waals surface area contributed by atoms with Crippen LogP contribution in [0.2, 0.25) is 0 Å². The molecular formula is C17H13NO3. The standard InChI is InChI=1S/C17H13NO3/c1-11-10-18-9-8-15(11)21-16-13-5-3-2-4-12(13)6-7-14(16)17(19)20/h2-10H,1H3,(H,19,20). The first-order valence-corrected chi connectivity index (χ1v) is 6.50. The molecule has 0 aliphatic heterocycles. The third kappa shape index (κ3) is 2.43. The van der Waals surface area contributed by atoms with Crippen LogP contribution in [0.1, 0.15) is 15.9 Å². The number of nitrogens with zero attached hydrogens (tertiary/aromatic N) is 1. The van der Waals surface area contributed by atoms with Crippen molar-refractivity contribution in [2.75, 3.05) is 0 Å². The number of aromatic nitrogens is 1. The van der Waals surface area contributed by atoms with Crippen LogP contribution in [0.3, 0.4) is 0 Å². The first-order chi connectivity index (χ1) is 10.2. The van der Waals surface area contributed by atoms with E-state index in [2.05, 4.69) is 4.98 Å². The normalized spacial score (nSPS) is 10.5. The van der Waals surface area contributed by atoms with Crippen LogP contribution in [-0.2, 0) is 0 Å². The molecule has 21 heavy (non-hydrogen) atoms. The summed E-state index contributed by atoms with van der Waals surface area (Å²) < 4.78 is 5.89. The van der Waals surface area contributed by atoms with Crippen LogP contribution in [-0.4, -0.2) is 16.1 Å².